The number of anilines is 2. The van der Waals surface area contributed by atoms with E-state index in [1.54, 1.807) is 18.0 Å². The number of benzene rings is 1. The number of nitrogens with zero attached hydrogens (tertiary/aromatic N) is 2. The van der Waals surface area contributed by atoms with Gasteiger partial charge in [0.25, 0.3) is 0 Å². The third kappa shape index (κ3) is 3.72. The van der Waals surface area contributed by atoms with Gasteiger partial charge in [0, 0.05) is 28.6 Å². The molecule has 2 heterocycles. The Kier molecular flexibility index (Phi) is 5.00. The summed E-state index contributed by atoms with van der Waals surface area (Å²) >= 11 is 1.70. The summed E-state index contributed by atoms with van der Waals surface area (Å²) in [5, 5.41) is 0. The van der Waals surface area contributed by atoms with Crippen LogP contribution in [0.25, 0.3) is 4.91 Å². The average molecular weight is 372 g/mol. The molecule has 2 aromatic rings. The van der Waals surface area contributed by atoms with Crippen molar-refractivity contribution >= 4 is 28.4 Å². The number of hydrogen-bond donors (Lipinski definition) is 2. The maximum atomic E-state index is 6.20. The van der Waals surface area contributed by atoms with Crippen molar-refractivity contribution in [3.05, 3.63) is 41.1 Å². The smallest absolute Gasteiger partial charge is 0.221 e. The van der Waals surface area contributed by atoms with Gasteiger partial charge in [-0.3, -0.25) is 0 Å². The predicted molar refractivity (Wildman–Crippen MR) is 107 cm³/mol. The van der Waals surface area contributed by atoms with Crippen LogP contribution in [0.15, 0.2) is 24.4 Å². The molecule has 0 saturated carbocycles. The molecule has 6 nitrogen and oxygen atoms in total. The lowest BCUT2D eigenvalue weighted by atomic mass is 9.97. The van der Waals surface area contributed by atoms with E-state index in [-0.39, 0.29) is 11.5 Å². The highest BCUT2D eigenvalue weighted by molar-refractivity contribution is 8.07. The van der Waals surface area contributed by atoms with Gasteiger partial charge >= 0.3 is 0 Å². The molecule has 1 aromatic heterocycles. The van der Waals surface area contributed by atoms with Gasteiger partial charge in [-0.1, -0.05) is 0 Å². The zero-order valence-corrected chi connectivity index (χ0v) is 16.3. The maximum absolute atomic E-state index is 6.20. The van der Waals surface area contributed by atoms with E-state index in [1.807, 2.05) is 26.8 Å². The van der Waals surface area contributed by atoms with Crippen molar-refractivity contribution < 1.29 is 9.47 Å². The van der Waals surface area contributed by atoms with E-state index in [4.69, 9.17) is 20.9 Å². The van der Waals surface area contributed by atoms with E-state index in [1.165, 1.54) is 4.91 Å². The van der Waals surface area contributed by atoms with Gasteiger partial charge in [0.2, 0.25) is 5.95 Å². The first-order valence-electron chi connectivity index (χ1n) is 8.45. The number of rotatable bonds is 5. The zero-order valence-electron chi connectivity index (χ0n) is 15.5. The second-order valence-corrected chi connectivity index (χ2v) is 7.49. The van der Waals surface area contributed by atoms with Crippen LogP contribution in [0.1, 0.15) is 37.5 Å². The lowest BCUT2D eigenvalue weighted by Gasteiger charge is -2.32. The van der Waals surface area contributed by atoms with Crippen molar-refractivity contribution in [2.45, 2.75) is 32.8 Å². The molecule has 0 unspecified atom stereocenters. The number of hydrogen-bond acceptors (Lipinski definition) is 7. The molecule has 138 valence electrons. The Labute approximate surface area is 158 Å². The molecule has 3 rings (SSSR count). The molecule has 0 fully saturated rings. The van der Waals surface area contributed by atoms with E-state index in [0.29, 0.717) is 18.8 Å². The van der Waals surface area contributed by atoms with Crippen molar-refractivity contribution in [2.24, 2.45) is 0 Å². The molecular weight excluding hydrogens is 348 g/mol. The van der Waals surface area contributed by atoms with Gasteiger partial charge in [0.1, 0.15) is 11.4 Å². The highest BCUT2D eigenvalue weighted by Crippen LogP contribution is 2.46. The van der Waals surface area contributed by atoms with E-state index in [2.05, 4.69) is 28.4 Å². The van der Waals surface area contributed by atoms with Crippen LogP contribution < -0.4 is 20.9 Å². The van der Waals surface area contributed by atoms with Crippen molar-refractivity contribution in [1.29, 1.82) is 0 Å². The van der Waals surface area contributed by atoms with Crippen LogP contribution in [0.4, 0.5) is 11.8 Å². The molecule has 1 aromatic carbocycles. The topological polar surface area (TPSA) is 96.3 Å². The fourth-order valence-electron chi connectivity index (χ4n) is 2.96. The summed E-state index contributed by atoms with van der Waals surface area (Å²) in [6.07, 6.45) is 6.46. The Morgan fingerprint density at radius 3 is 2.69 bits per heavy atom. The Balaban J connectivity index is 2.07. The lowest BCUT2D eigenvalue weighted by molar-refractivity contribution is 0.149. The van der Waals surface area contributed by atoms with Crippen LogP contribution in [-0.2, 0) is 6.42 Å². The van der Waals surface area contributed by atoms with Gasteiger partial charge in [-0.15, -0.1) is 11.8 Å². The molecule has 0 radical (unpaired) electrons. The van der Waals surface area contributed by atoms with E-state index >= 15 is 0 Å². The van der Waals surface area contributed by atoms with Crippen LogP contribution in [0.2, 0.25) is 0 Å². The number of fused-ring (bicyclic) bond motifs is 1. The second kappa shape index (κ2) is 7.07. The van der Waals surface area contributed by atoms with Gasteiger partial charge in [0.05, 0.1) is 6.61 Å². The standard InChI is InChI=1S/C19H24N4O2S/c1-5-24-14-8-11(6-12-10-22-18(21)23-17(12)20)7-13-15(26-4)9-19(2,3)25-16(13)14/h7-10H,5-6H2,1-4H3,(H4,20,21,22,23). The Morgan fingerprint density at radius 2 is 2.04 bits per heavy atom. The number of nitrogen functional groups attached to an aromatic ring is 2. The molecule has 0 spiro atoms. The minimum atomic E-state index is -0.381. The number of thioether (sulfide) groups is 1. The quantitative estimate of drug-likeness (QED) is 0.829. The molecule has 0 atom stereocenters. The molecular formula is C19H24N4O2S. The largest absolute Gasteiger partial charge is 0.490 e. The minimum absolute atomic E-state index is 0.176. The first kappa shape index (κ1) is 18.4. The normalized spacial score (nSPS) is 15.0. The molecule has 26 heavy (non-hydrogen) atoms. The Morgan fingerprint density at radius 1 is 1.27 bits per heavy atom. The third-order valence-corrected chi connectivity index (χ3v) is 4.83. The molecule has 0 bridgehead atoms. The van der Waals surface area contributed by atoms with Crippen molar-refractivity contribution in [1.82, 2.24) is 9.97 Å². The average Bonchev–Trinajstić information content (AvgIpc) is 2.57. The molecule has 0 saturated heterocycles. The zero-order chi connectivity index (χ0) is 18.9. The predicted octanol–water partition coefficient (Wildman–Crippen LogP) is 3.51. The molecule has 0 aliphatic carbocycles. The van der Waals surface area contributed by atoms with Gasteiger partial charge in [0.15, 0.2) is 11.5 Å². The van der Waals surface area contributed by atoms with E-state index < -0.39 is 0 Å². The minimum Gasteiger partial charge on any atom is -0.490 e. The lowest BCUT2D eigenvalue weighted by Crippen LogP contribution is -2.29. The van der Waals surface area contributed by atoms with E-state index in [9.17, 15) is 0 Å². The molecule has 1 aliphatic rings. The summed E-state index contributed by atoms with van der Waals surface area (Å²) in [5.74, 6) is 2.10. The van der Waals surface area contributed by atoms with Gasteiger partial charge in [-0.25, -0.2) is 4.98 Å². The summed E-state index contributed by atoms with van der Waals surface area (Å²) < 4.78 is 12.1. The highest BCUT2D eigenvalue weighted by Gasteiger charge is 2.29. The Hall–Kier alpha value is -2.41. The maximum Gasteiger partial charge on any atom is 0.221 e. The summed E-state index contributed by atoms with van der Waals surface area (Å²) in [4.78, 5) is 9.25. The SMILES string of the molecule is CCOc1cc(Cc2cnc(N)nc2N)cc2c1OC(C)(C)C=C2SC. The summed E-state index contributed by atoms with van der Waals surface area (Å²) in [7, 11) is 0. The van der Waals surface area contributed by atoms with Crippen LogP contribution in [0.5, 0.6) is 11.5 Å². The fourth-order valence-corrected chi connectivity index (χ4v) is 3.73. The van der Waals surface area contributed by atoms with Crippen molar-refractivity contribution in [3.8, 4) is 11.5 Å². The second-order valence-electron chi connectivity index (χ2n) is 6.64. The van der Waals surface area contributed by atoms with E-state index in [0.717, 1.165) is 28.2 Å². The molecule has 1 aliphatic heterocycles. The first-order valence-corrected chi connectivity index (χ1v) is 9.68. The number of nitrogens with two attached hydrogens (primary N) is 2. The molecule has 4 N–H and O–H groups in total. The van der Waals surface area contributed by atoms with Crippen LogP contribution in [0.3, 0.4) is 0 Å². The van der Waals surface area contributed by atoms with Gasteiger partial charge in [-0.2, -0.15) is 4.98 Å². The fraction of sp³-hybridized carbons (Fsp3) is 0.368. The summed E-state index contributed by atoms with van der Waals surface area (Å²) in [5.41, 5.74) is 14.1. The molecule has 0 amide bonds. The summed E-state index contributed by atoms with van der Waals surface area (Å²) in [6.45, 7) is 6.61. The number of ether oxygens (including phenoxy) is 2. The van der Waals surface area contributed by atoms with Gasteiger partial charge < -0.3 is 20.9 Å². The monoisotopic (exact) mass is 372 g/mol. The van der Waals surface area contributed by atoms with Gasteiger partial charge in [-0.05, 0) is 50.8 Å². The Bertz CT molecular complexity index is 865. The highest BCUT2D eigenvalue weighted by atomic mass is 32.2. The molecule has 7 heteroatoms. The third-order valence-electron chi connectivity index (χ3n) is 4.05. The summed E-state index contributed by atoms with van der Waals surface area (Å²) in [6, 6.07) is 4.11. The first-order chi connectivity index (χ1) is 12.3. The van der Waals surface area contributed by atoms with Crippen LogP contribution in [-0.4, -0.2) is 28.4 Å². The van der Waals surface area contributed by atoms with Crippen LogP contribution in [0, 0.1) is 0 Å². The van der Waals surface area contributed by atoms with Crippen molar-refractivity contribution in [3.63, 3.8) is 0 Å². The number of aromatic nitrogens is 2. The van der Waals surface area contributed by atoms with Crippen molar-refractivity contribution in [2.75, 3.05) is 24.3 Å². The van der Waals surface area contributed by atoms with Crippen LogP contribution >= 0.6 is 11.8 Å².